The predicted molar refractivity (Wildman–Crippen MR) is 96.4 cm³/mol. The summed E-state index contributed by atoms with van der Waals surface area (Å²) in [4.78, 5) is 0. The Morgan fingerprint density at radius 1 is 0.652 bits per heavy atom. The van der Waals surface area contributed by atoms with Crippen LogP contribution in [0.1, 0.15) is 67.2 Å². The molecule has 2 N–H and O–H groups in total. The summed E-state index contributed by atoms with van der Waals surface area (Å²) in [6, 6.07) is 0. The number of fused-ring (bicyclic) bond motifs is 2. The zero-order chi connectivity index (χ0) is 17.0. The molecule has 2 nitrogen and oxygen atoms in total. The predicted octanol–water partition coefficient (Wildman–Crippen LogP) is 4.09. The molecule has 0 aromatic carbocycles. The summed E-state index contributed by atoms with van der Waals surface area (Å²) in [5.41, 5.74) is -0.326. The van der Waals surface area contributed by atoms with E-state index in [1.165, 1.54) is 0 Å². The molecule has 3 heteroatoms. The van der Waals surface area contributed by atoms with Crippen LogP contribution in [-0.4, -0.2) is 31.9 Å². The van der Waals surface area contributed by atoms with Gasteiger partial charge in [-0.25, -0.2) is 0 Å². The summed E-state index contributed by atoms with van der Waals surface area (Å²) in [7, 11) is 0. The first-order chi connectivity index (χ1) is 10.4. The molecule has 0 aromatic heterocycles. The molecule has 0 heterocycles. The highest BCUT2D eigenvalue weighted by Crippen LogP contribution is 2.70. The van der Waals surface area contributed by atoms with E-state index in [0.717, 1.165) is 37.5 Å². The lowest BCUT2D eigenvalue weighted by atomic mass is 9.85. The maximum absolute atomic E-state index is 11.0. The fourth-order valence-electron chi connectivity index (χ4n) is 6.19. The Labute approximate surface area is 145 Å². The summed E-state index contributed by atoms with van der Waals surface area (Å²) in [6.45, 7) is 13.5. The van der Waals surface area contributed by atoms with E-state index in [2.05, 4.69) is 27.7 Å². The lowest BCUT2D eigenvalue weighted by Crippen LogP contribution is -2.47. The van der Waals surface area contributed by atoms with Crippen LogP contribution in [-0.2, 0) is 0 Å². The van der Waals surface area contributed by atoms with Crippen LogP contribution in [0, 0.1) is 34.5 Å². The second-order valence-corrected chi connectivity index (χ2v) is 12.2. The van der Waals surface area contributed by atoms with Crippen LogP contribution in [0.5, 0.6) is 0 Å². The number of hydrogen-bond acceptors (Lipinski definition) is 3. The van der Waals surface area contributed by atoms with Crippen LogP contribution >= 0.6 is 11.8 Å². The van der Waals surface area contributed by atoms with Crippen LogP contribution in [0.4, 0.5) is 0 Å². The van der Waals surface area contributed by atoms with Crippen molar-refractivity contribution in [3.8, 4) is 0 Å². The van der Waals surface area contributed by atoms with E-state index in [9.17, 15) is 10.2 Å². The van der Waals surface area contributed by atoms with Gasteiger partial charge < -0.3 is 10.2 Å². The molecule has 0 radical (unpaired) electrons. The molecule has 4 aliphatic carbocycles. The van der Waals surface area contributed by atoms with Crippen LogP contribution in [0.25, 0.3) is 0 Å². The monoisotopic (exact) mass is 338 g/mol. The molecule has 4 rings (SSSR count). The molecule has 8 atom stereocenters. The van der Waals surface area contributed by atoms with Gasteiger partial charge in [-0.2, -0.15) is 0 Å². The minimum Gasteiger partial charge on any atom is -0.389 e. The molecule has 0 bridgehead atoms. The molecule has 4 saturated carbocycles. The van der Waals surface area contributed by atoms with Gasteiger partial charge in [0.1, 0.15) is 0 Å². The fourth-order valence-corrected chi connectivity index (χ4v) is 8.00. The Hall–Kier alpha value is 0.270. The standard InChI is InChI=1S/C20H34O2S/c1-17(2)11-7-15(19(5,21)9-13(11)17)23-16-8-12-14(18(12,3)4)10-20(16,6)22/h11-16,21-22H,7-10H2,1-6H3. The van der Waals surface area contributed by atoms with Crippen molar-refractivity contribution >= 4 is 11.8 Å². The first kappa shape index (κ1) is 16.7. The van der Waals surface area contributed by atoms with Gasteiger partial charge in [-0.3, -0.25) is 0 Å². The molecule has 0 spiro atoms. The van der Waals surface area contributed by atoms with Crippen molar-refractivity contribution in [2.45, 2.75) is 88.9 Å². The smallest absolute Gasteiger partial charge is 0.0741 e. The SMILES string of the molecule is CC1(O)CC2C(CC1SC1CC3C(CC1(C)O)C3(C)C)C2(C)C. The molecule has 8 unspecified atom stereocenters. The molecule has 0 aliphatic heterocycles. The number of hydrogen-bond donors (Lipinski definition) is 2. The van der Waals surface area contributed by atoms with Gasteiger partial charge in [0.15, 0.2) is 0 Å². The van der Waals surface area contributed by atoms with Gasteiger partial charge in [0.2, 0.25) is 0 Å². The van der Waals surface area contributed by atoms with Crippen molar-refractivity contribution in [1.82, 2.24) is 0 Å². The third kappa shape index (κ3) is 2.36. The van der Waals surface area contributed by atoms with Crippen molar-refractivity contribution in [2.75, 3.05) is 0 Å². The van der Waals surface area contributed by atoms with E-state index in [-0.39, 0.29) is 10.5 Å². The molecule has 132 valence electrons. The quantitative estimate of drug-likeness (QED) is 0.797. The highest BCUT2D eigenvalue weighted by Gasteiger charge is 2.66. The summed E-state index contributed by atoms with van der Waals surface area (Å²) >= 11 is 1.92. The lowest BCUT2D eigenvalue weighted by molar-refractivity contribution is 0.0154. The van der Waals surface area contributed by atoms with Gasteiger partial charge in [0.05, 0.1) is 11.2 Å². The van der Waals surface area contributed by atoms with Crippen molar-refractivity contribution in [1.29, 1.82) is 0 Å². The summed E-state index contributed by atoms with van der Waals surface area (Å²) in [6.07, 6.45) is 4.13. The second-order valence-electron chi connectivity index (χ2n) is 10.8. The van der Waals surface area contributed by atoms with Crippen molar-refractivity contribution in [2.24, 2.45) is 34.5 Å². The highest BCUT2D eigenvalue weighted by molar-refractivity contribution is 8.00. The third-order valence-corrected chi connectivity index (χ3v) is 10.6. The minimum atomic E-state index is -0.578. The van der Waals surface area contributed by atoms with E-state index in [0.29, 0.717) is 22.7 Å². The lowest BCUT2D eigenvalue weighted by Gasteiger charge is -2.43. The Morgan fingerprint density at radius 2 is 1.00 bits per heavy atom. The van der Waals surface area contributed by atoms with Gasteiger partial charge in [0, 0.05) is 10.5 Å². The van der Waals surface area contributed by atoms with E-state index < -0.39 is 11.2 Å². The van der Waals surface area contributed by atoms with Gasteiger partial charge in [-0.1, -0.05) is 27.7 Å². The fraction of sp³-hybridized carbons (Fsp3) is 1.00. The molecule has 0 amide bonds. The number of rotatable bonds is 2. The van der Waals surface area contributed by atoms with Crippen LogP contribution in [0.2, 0.25) is 0 Å². The van der Waals surface area contributed by atoms with Gasteiger partial charge >= 0.3 is 0 Å². The van der Waals surface area contributed by atoms with Gasteiger partial charge in [0.25, 0.3) is 0 Å². The van der Waals surface area contributed by atoms with Crippen LogP contribution in [0.3, 0.4) is 0 Å². The topological polar surface area (TPSA) is 40.5 Å². The van der Waals surface area contributed by atoms with Crippen molar-refractivity contribution < 1.29 is 10.2 Å². The Balaban J connectivity index is 1.49. The Bertz CT molecular complexity index is 476. The zero-order valence-corrected chi connectivity index (χ0v) is 16.4. The third-order valence-electron chi connectivity index (χ3n) is 8.49. The molecule has 0 saturated heterocycles. The minimum absolute atomic E-state index is 0.278. The van der Waals surface area contributed by atoms with E-state index in [1.54, 1.807) is 0 Å². The average molecular weight is 339 g/mol. The molecule has 23 heavy (non-hydrogen) atoms. The molecular formula is C20H34O2S. The van der Waals surface area contributed by atoms with Crippen LogP contribution in [0.15, 0.2) is 0 Å². The maximum atomic E-state index is 11.0. The first-order valence-electron chi connectivity index (χ1n) is 9.47. The Kier molecular flexibility index (Phi) is 3.28. The maximum Gasteiger partial charge on any atom is 0.0741 e. The van der Waals surface area contributed by atoms with E-state index in [1.807, 2.05) is 25.6 Å². The molecular weight excluding hydrogens is 304 g/mol. The summed E-state index contributed by atoms with van der Waals surface area (Å²) in [5.74, 6) is 2.96. The first-order valence-corrected chi connectivity index (χ1v) is 10.4. The Morgan fingerprint density at radius 3 is 1.35 bits per heavy atom. The van der Waals surface area contributed by atoms with E-state index in [4.69, 9.17) is 0 Å². The van der Waals surface area contributed by atoms with Gasteiger partial charge in [-0.15, -0.1) is 11.8 Å². The molecule has 0 aromatic rings. The van der Waals surface area contributed by atoms with E-state index >= 15 is 0 Å². The number of thioether (sulfide) groups is 1. The van der Waals surface area contributed by atoms with Gasteiger partial charge in [-0.05, 0) is 74.0 Å². The zero-order valence-electron chi connectivity index (χ0n) is 15.6. The summed E-state index contributed by atoms with van der Waals surface area (Å²) < 4.78 is 0. The molecule has 4 aliphatic rings. The van der Waals surface area contributed by atoms with Crippen molar-refractivity contribution in [3.63, 3.8) is 0 Å². The highest BCUT2D eigenvalue weighted by atomic mass is 32.2. The summed E-state index contributed by atoms with van der Waals surface area (Å²) in [5, 5.41) is 22.6. The second kappa shape index (κ2) is 4.51. The van der Waals surface area contributed by atoms with Crippen molar-refractivity contribution in [3.05, 3.63) is 0 Å². The normalized spacial score (nSPS) is 59.0. The van der Waals surface area contributed by atoms with Crippen LogP contribution < -0.4 is 0 Å². The largest absolute Gasteiger partial charge is 0.389 e. The molecule has 4 fully saturated rings. The average Bonchev–Trinajstić information content (AvgIpc) is 3.10. The number of aliphatic hydroxyl groups is 2.